The molecule has 0 unspecified atom stereocenters. The van der Waals surface area contributed by atoms with Gasteiger partial charge in [0.25, 0.3) is 0 Å². The molecular weight excluding hydrogens is 188 g/mol. The van der Waals surface area contributed by atoms with Crippen LogP contribution in [-0.4, -0.2) is 12.1 Å². The Balaban J connectivity index is 2.67. The summed E-state index contributed by atoms with van der Waals surface area (Å²) >= 11 is 0. The van der Waals surface area contributed by atoms with E-state index in [0.717, 1.165) is 24.0 Å². The van der Waals surface area contributed by atoms with E-state index in [1.807, 2.05) is 13.8 Å². The molecule has 0 N–H and O–H groups in total. The standard InChI is InChI=1S/C13H18O2/c1-5-13(14)15-12-8-11(9(2)3)7-6-10(12)4/h5-6,11-12H,1-2,7-8H2,3-4H3/t11-,12+/m1/s1. The van der Waals surface area contributed by atoms with Gasteiger partial charge in [0, 0.05) is 6.08 Å². The molecule has 0 heterocycles. The lowest BCUT2D eigenvalue weighted by Crippen LogP contribution is -2.25. The normalized spacial score (nSPS) is 25.3. The fraction of sp³-hybridized carbons (Fsp3) is 0.462. The van der Waals surface area contributed by atoms with Crippen LogP contribution in [0.2, 0.25) is 0 Å². The summed E-state index contributed by atoms with van der Waals surface area (Å²) in [6.07, 6.45) is 5.08. The summed E-state index contributed by atoms with van der Waals surface area (Å²) in [5.74, 6) is 0.0754. The van der Waals surface area contributed by atoms with Crippen molar-refractivity contribution in [3.63, 3.8) is 0 Å². The van der Waals surface area contributed by atoms with Gasteiger partial charge in [-0.15, -0.1) is 0 Å². The second-order valence-electron chi connectivity index (χ2n) is 4.09. The topological polar surface area (TPSA) is 26.3 Å². The van der Waals surface area contributed by atoms with E-state index in [1.165, 1.54) is 6.08 Å². The summed E-state index contributed by atoms with van der Waals surface area (Å²) in [5.41, 5.74) is 2.28. The van der Waals surface area contributed by atoms with Crippen molar-refractivity contribution in [3.05, 3.63) is 36.5 Å². The van der Waals surface area contributed by atoms with Crippen molar-refractivity contribution < 1.29 is 9.53 Å². The molecule has 0 amide bonds. The molecule has 0 aromatic rings. The second kappa shape index (κ2) is 4.96. The van der Waals surface area contributed by atoms with Gasteiger partial charge in [-0.2, -0.15) is 0 Å². The van der Waals surface area contributed by atoms with Crippen LogP contribution in [0.5, 0.6) is 0 Å². The molecule has 0 spiro atoms. The van der Waals surface area contributed by atoms with E-state index in [9.17, 15) is 4.79 Å². The zero-order valence-corrected chi connectivity index (χ0v) is 9.45. The molecule has 15 heavy (non-hydrogen) atoms. The lowest BCUT2D eigenvalue weighted by molar-refractivity contribution is -0.142. The molecule has 1 aliphatic carbocycles. The molecule has 2 atom stereocenters. The monoisotopic (exact) mass is 206 g/mol. The van der Waals surface area contributed by atoms with Gasteiger partial charge in [-0.1, -0.05) is 24.8 Å². The van der Waals surface area contributed by atoms with Gasteiger partial charge in [0.1, 0.15) is 6.10 Å². The van der Waals surface area contributed by atoms with Crippen LogP contribution in [0, 0.1) is 5.92 Å². The molecule has 0 aromatic heterocycles. The number of rotatable bonds is 3. The lowest BCUT2D eigenvalue weighted by atomic mass is 9.84. The minimum atomic E-state index is -0.352. The Bertz CT molecular complexity index is 312. The molecular formula is C13H18O2. The molecule has 0 aliphatic heterocycles. The van der Waals surface area contributed by atoms with Crippen molar-refractivity contribution in [2.75, 3.05) is 0 Å². The Morgan fingerprint density at radius 1 is 1.67 bits per heavy atom. The summed E-state index contributed by atoms with van der Waals surface area (Å²) in [4.78, 5) is 11.1. The zero-order valence-electron chi connectivity index (χ0n) is 9.45. The SMILES string of the molecule is C=CC(=O)O[C@H]1C[C@H](C(=C)C)CC=C1C. The van der Waals surface area contributed by atoms with Crippen LogP contribution in [0.4, 0.5) is 0 Å². The summed E-state index contributed by atoms with van der Waals surface area (Å²) in [6.45, 7) is 11.4. The molecule has 1 aliphatic rings. The first-order valence-electron chi connectivity index (χ1n) is 5.19. The maximum atomic E-state index is 11.1. The van der Waals surface area contributed by atoms with Crippen LogP contribution in [0.1, 0.15) is 26.7 Å². The number of carbonyl (C=O) groups is 1. The fourth-order valence-corrected chi connectivity index (χ4v) is 1.73. The highest BCUT2D eigenvalue weighted by Crippen LogP contribution is 2.30. The molecule has 0 bridgehead atoms. The van der Waals surface area contributed by atoms with E-state index < -0.39 is 0 Å². The molecule has 82 valence electrons. The number of hydrogen-bond acceptors (Lipinski definition) is 2. The maximum Gasteiger partial charge on any atom is 0.330 e. The Hall–Kier alpha value is -1.31. The van der Waals surface area contributed by atoms with Crippen molar-refractivity contribution in [1.82, 2.24) is 0 Å². The van der Waals surface area contributed by atoms with Gasteiger partial charge in [-0.25, -0.2) is 4.79 Å². The van der Waals surface area contributed by atoms with Gasteiger partial charge in [0.2, 0.25) is 0 Å². The molecule has 2 nitrogen and oxygen atoms in total. The Morgan fingerprint density at radius 3 is 2.87 bits per heavy atom. The van der Waals surface area contributed by atoms with Gasteiger partial charge >= 0.3 is 5.97 Å². The van der Waals surface area contributed by atoms with E-state index >= 15 is 0 Å². The smallest absolute Gasteiger partial charge is 0.330 e. The van der Waals surface area contributed by atoms with Crippen molar-refractivity contribution in [1.29, 1.82) is 0 Å². The van der Waals surface area contributed by atoms with Crippen LogP contribution in [0.15, 0.2) is 36.5 Å². The number of esters is 1. The van der Waals surface area contributed by atoms with Crippen LogP contribution < -0.4 is 0 Å². The Morgan fingerprint density at radius 2 is 2.33 bits per heavy atom. The molecule has 0 radical (unpaired) electrons. The van der Waals surface area contributed by atoms with Crippen LogP contribution in [0.3, 0.4) is 0 Å². The molecule has 0 saturated carbocycles. The highest BCUT2D eigenvalue weighted by atomic mass is 16.5. The summed E-state index contributed by atoms with van der Waals surface area (Å²) in [7, 11) is 0. The van der Waals surface area contributed by atoms with Gasteiger partial charge < -0.3 is 4.74 Å². The van der Waals surface area contributed by atoms with Crippen molar-refractivity contribution in [3.8, 4) is 0 Å². The highest BCUT2D eigenvalue weighted by Gasteiger charge is 2.24. The number of ether oxygens (including phenoxy) is 1. The van der Waals surface area contributed by atoms with Crippen LogP contribution >= 0.6 is 0 Å². The van der Waals surface area contributed by atoms with E-state index in [0.29, 0.717) is 5.92 Å². The summed E-state index contributed by atoms with van der Waals surface area (Å²) in [5, 5.41) is 0. The number of hydrogen-bond donors (Lipinski definition) is 0. The molecule has 1 rings (SSSR count). The van der Waals surface area contributed by atoms with Crippen molar-refractivity contribution >= 4 is 5.97 Å². The van der Waals surface area contributed by atoms with Gasteiger partial charge in [-0.3, -0.25) is 0 Å². The second-order valence-corrected chi connectivity index (χ2v) is 4.09. The zero-order chi connectivity index (χ0) is 11.4. The molecule has 2 heteroatoms. The third kappa shape index (κ3) is 3.08. The highest BCUT2D eigenvalue weighted by molar-refractivity contribution is 5.81. The van der Waals surface area contributed by atoms with Crippen molar-refractivity contribution in [2.24, 2.45) is 5.92 Å². The lowest BCUT2D eigenvalue weighted by Gasteiger charge is -2.28. The first-order valence-corrected chi connectivity index (χ1v) is 5.19. The number of carbonyl (C=O) groups excluding carboxylic acids is 1. The summed E-state index contributed by atoms with van der Waals surface area (Å²) < 4.78 is 5.27. The van der Waals surface area contributed by atoms with E-state index in [2.05, 4.69) is 19.2 Å². The molecule has 0 aromatic carbocycles. The molecule has 0 saturated heterocycles. The van der Waals surface area contributed by atoms with Crippen LogP contribution in [-0.2, 0) is 9.53 Å². The first kappa shape index (κ1) is 11.8. The third-order valence-electron chi connectivity index (χ3n) is 2.85. The Labute approximate surface area is 91.3 Å². The third-order valence-corrected chi connectivity index (χ3v) is 2.85. The quantitative estimate of drug-likeness (QED) is 0.403. The van der Waals surface area contributed by atoms with Gasteiger partial charge in [-0.05, 0) is 38.2 Å². The predicted octanol–water partition coefficient (Wildman–Crippen LogP) is 3.02. The fourth-order valence-electron chi connectivity index (χ4n) is 1.73. The van der Waals surface area contributed by atoms with Gasteiger partial charge in [0.15, 0.2) is 0 Å². The number of allylic oxidation sites excluding steroid dienone is 2. The van der Waals surface area contributed by atoms with E-state index in [1.54, 1.807) is 0 Å². The first-order chi connectivity index (χ1) is 7.04. The van der Waals surface area contributed by atoms with Gasteiger partial charge in [0.05, 0.1) is 0 Å². The van der Waals surface area contributed by atoms with Crippen molar-refractivity contribution in [2.45, 2.75) is 32.8 Å². The summed E-state index contributed by atoms with van der Waals surface area (Å²) in [6, 6.07) is 0. The van der Waals surface area contributed by atoms with E-state index in [4.69, 9.17) is 4.74 Å². The molecule has 0 fully saturated rings. The minimum absolute atomic E-state index is 0.106. The largest absolute Gasteiger partial charge is 0.455 e. The Kier molecular flexibility index (Phi) is 3.89. The minimum Gasteiger partial charge on any atom is -0.455 e. The maximum absolute atomic E-state index is 11.1. The average molecular weight is 206 g/mol. The van der Waals surface area contributed by atoms with E-state index in [-0.39, 0.29) is 12.1 Å². The average Bonchev–Trinajstić information content (AvgIpc) is 2.20. The predicted molar refractivity (Wildman–Crippen MR) is 61.4 cm³/mol. The van der Waals surface area contributed by atoms with Crippen LogP contribution in [0.25, 0.3) is 0 Å².